The van der Waals surface area contributed by atoms with Gasteiger partial charge in [-0.2, -0.15) is 10.4 Å². The summed E-state index contributed by atoms with van der Waals surface area (Å²) < 4.78 is 1.60. The molecule has 0 amide bonds. The Morgan fingerprint density at radius 3 is 3.00 bits per heavy atom. The summed E-state index contributed by atoms with van der Waals surface area (Å²) in [7, 11) is 0. The third-order valence-corrected chi connectivity index (χ3v) is 2.08. The average Bonchev–Trinajstić information content (AvgIpc) is 2.63. The first-order valence-corrected chi connectivity index (χ1v) is 4.11. The van der Waals surface area contributed by atoms with E-state index in [0.29, 0.717) is 16.8 Å². The van der Waals surface area contributed by atoms with Gasteiger partial charge in [0.1, 0.15) is 6.07 Å². The average molecular weight is 185 g/mol. The molecular weight excluding hydrogens is 178 g/mol. The predicted molar refractivity (Wildman–Crippen MR) is 50.0 cm³/mol. The highest BCUT2D eigenvalue weighted by atomic mass is 16.1. The van der Waals surface area contributed by atoms with Gasteiger partial charge in [-0.05, 0) is 19.1 Å². The zero-order chi connectivity index (χ0) is 10.1. The Labute approximate surface area is 80.4 Å². The van der Waals surface area contributed by atoms with Crippen LogP contribution in [0.4, 0.5) is 0 Å². The first kappa shape index (κ1) is 8.45. The SMILES string of the molecule is Cc1ccc(C=O)c2cc(C#N)nn12. The van der Waals surface area contributed by atoms with Crippen molar-refractivity contribution in [3.8, 4) is 6.07 Å². The molecule has 0 N–H and O–H groups in total. The monoisotopic (exact) mass is 185 g/mol. The number of carbonyl (C=O) groups is 1. The van der Waals surface area contributed by atoms with E-state index < -0.39 is 0 Å². The second-order valence-corrected chi connectivity index (χ2v) is 2.99. The van der Waals surface area contributed by atoms with Gasteiger partial charge in [0.05, 0.1) is 5.52 Å². The number of carbonyl (C=O) groups excluding carboxylic acids is 1. The Balaban J connectivity index is 2.89. The minimum absolute atomic E-state index is 0.322. The molecule has 0 aromatic carbocycles. The zero-order valence-electron chi connectivity index (χ0n) is 7.56. The Hall–Kier alpha value is -2.15. The van der Waals surface area contributed by atoms with Crippen molar-refractivity contribution in [2.75, 3.05) is 0 Å². The highest BCUT2D eigenvalue weighted by molar-refractivity contribution is 5.86. The summed E-state index contributed by atoms with van der Waals surface area (Å²) in [6, 6.07) is 7.07. The van der Waals surface area contributed by atoms with Crippen molar-refractivity contribution in [3.63, 3.8) is 0 Å². The number of hydrogen-bond acceptors (Lipinski definition) is 3. The van der Waals surface area contributed by atoms with Gasteiger partial charge in [0.25, 0.3) is 0 Å². The topological polar surface area (TPSA) is 58.2 Å². The van der Waals surface area contributed by atoms with Crippen molar-refractivity contribution in [3.05, 3.63) is 35.2 Å². The summed E-state index contributed by atoms with van der Waals surface area (Å²) in [6.45, 7) is 1.87. The summed E-state index contributed by atoms with van der Waals surface area (Å²) >= 11 is 0. The van der Waals surface area contributed by atoms with Crippen molar-refractivity contribution < 1.29 is 4.79 Å². The Bertz CT molecular complexity index is 548. The summed E-state index contributed by atoms with van der Waals surface area (Å²) in [5, 5.41) is 12.7. The van der Waals surface area contributed by atoms with Gasteiger partial charge in [0, 0.05) is 17.3 Å². The molecule has 68 valence electrons. The first-order valence-electron chi connectivity index (χ1n) is 4.11. The fraction of sp³-hybridized carbons (Fsp3) is 0.100. The highest BCUT2D eigenvalue weighted by Crippen LogP contribution is 2.12. The van der Waals surface area contributed by atoms with E-state index in [1.54, 1.807) is 22.7 Å². The summed E-state index contributed by atoms with van der Waals surface area (Å²) in [5.41, 5.74) is 2.44. The molecule has 2 aromatic rings. The smallest absolute Gasteiger partial charge is 0.163 e. The fourth-order valence-corrected chi connectivity index (χ4v) is 1.38. The number of nitrogens with zero attached hydrogens (tertiary/aromatic N) is 3. The maximum Gasteiger partial charge on any atom is 0.163 e. The number of pyridine rings is 1. The largest absolute Gasteiger partial charge is 0.298 e. The van der Waals surface area contributed by atoms with Crippen LogP contribution in [0.5, 0.6) is 0 Å². The van der Waals surface area contributed by atoms with Crippen LogP contribution in [0.15, 0.2) is 18.2 Å². The second kappa shape index (κ2) is 2.96. The first-order chi connectivity index (χ1) is 6.76. The number of nitriles is 1. The third kappa shape index (κ3) is 1.07. The van der Waals surface area contributed by atoms with Gasteiger partial charge < -0.3 is 0 Å². The van der Waals surface area contributed by atoms with Crippen molar-refractivity contribution in [2.24, 2.45) is 0 Å². The second-order valence-electron chi connectivity index (χ2n) is 2.99. The Morgan fingerprint density at radius 2 is 2.36 bits per heavy atom. The van der Waals surface area contributed by atoms with Gasteiger partial charge >= 0.3 is 0 Å². The van der Waals surface area contributed by atoms with Crippen molar-refractivity contribution in [1.82, 2.24) is 9.61 Å². The molecule has 2 heterocycles. The minimum atomic E-state index is 0.322. The van der Waals surface area contributed by atoms with Crippen molar-refractivity contribution in [1.29, 1.82) is 5.26 Å². The number of aryl methyl sites for hydroxylation is 1. The van der Waals surface area contributed by atoms with Crippen LogP contribution < -0.4 is 0 Å². The molecule has 2 rings (SSSR count). The van der Waals surface area contributed by atoms with E-state index in [-0.39, 0.29) is 0 Å². The molecular formula is C10H7N3O. The van der Waals surface area contributed by atoms with E-state index in [1.807, 2.05) is 13.0 Å². The third-order valence-electron chi connectivity index (χ3n) is 2.08. The predicted octanol–water partition coefficient (Wildman–Crippen LogP) is 1.33. The molecule has 0 bridgehead atoms. The van der Waals surface area contributed by atoms with Crippen LogP contribution in [-0.2, 0) is 0 Å². The van der Waals surface area contributed by atoms with Gasteiger partial charge in [-0.15, -0.1) is 0 Å². The minimum Gasteiger partial charge on any atom is -0.298 e. The molecule has 0 unspecified atom stereocenters. The van der Waals surface area contributed by atoms with E-state index in [0.717, 1.165) is 12.0 Å². The molecule has 0 saturated heterocycles. The molecule has 4 heteroatoms. The Kier molecular flexibility index (Phi) is 1.79. The summed E-state index contributed by atoms with van der Waals surface area (Å²) in [4.78, 5) is 10.7. The molecule has 0 fully saturated rings. The standard InChI is InChI=1S/C10H7N3O/c1-7-2-3-8(6-14)10-4-9(5-11)12-13(7)10/h2-4,6H,1H3. The van der Waals surface area contributed by atoms with Crippen LogP contribution >= 0.6 is 0 Å². The number of fused-ring (bicyclic) bond motifs is 1. The zero-order valence-corrected chi connectivity index (χ0v) is 7.56. The molecule has 0 atom stereocenters. The molecule has 14 heavy (non-hydrogen) atoms. The van der Waals surface area contributed by atoms with Crippen LogP contribution in [-0.4, -0.2) is 15.9 Å². The molecule has 0 aliphatic heterocycles. The van der Waals surface area contributed by atoms with E-state index in [9.17, 15) is 4.79 Å². The maximum atomic E-state index is 10.7. The summed E-state index contributed by atoms with van der Waals surface area (Å²) in [6.07, 6.45) is 0.762. The van der Waals surface area contributed by atoms with Gasteiger partial charge in [-0.3, -0.25) is 4.79 Å². The number of hydrogen-bond donors (Lipinski definition) is 0. The number of aromatic nitrogens is 2. The van der Waals surface area contributed by atoms with Crippen LogP contribution in [0.1, 0.15) is 21.7 Å². The number of rotatable bonds is 1. The van der Waals surface area contributed by atoms with Crippen LogP contribution in [0.25, 0.3) is 5.52 Å². The lowest BCUT2D eigenvalue weighted by Gasteiger charge is -1.99. The van der Waals surface area contributed by atoms with Crippen LogP contribution in [0, 0.1) is 18.3 Å². The lowest BCUT2D eigenvalue weighted by molar-refractivity contribution is 0.112. The van der Waals surface area contributed by atoms with E-state index in [4.69, 9.17) is 5.26 Å². The van der Waals surface area contributed by atoms with Gasteiger partial charge in [-0.25, -0.2) is 4.52 Å². The quantitative estimate of drug-likeness (QED) is 0.629. The molecule has 0 aliphatic carbocycles. The van der Waals surface area contributed by atoms with Crippen LogP contribution in [0.2, 0.25) is 0 Å². The van der Waals surface area contributed by atoms with Gasteiger partial charge in [-0.1, -0.05) is 0 Å². The lowest BCUT2D eigenvalue weighted by atomic mass is 10.2. The molecule has 4 nitrogen and oxygen atoms in total. The van der Waals surface area contributed by atoms with Crippen molar-refractivity contribution in [2.45, 2.75) is 6.92 Å². The normalized spacial score (nSPS) is 10.0. The molecule has 0 saturated carbocycles. The Morgan fingerprint density at radius 1 is 1.57 bits per heavy atom. The molecule has 0 spiro atoms. The number of aldehydes is 1. The molecule has 2 aromatic heterocycles. The van der Waals surface area contributed by atoms with Crippen molar-refractivity contribution >= 4 is 11.8 Å². The maximum absolute atomic E-state index is 10.7. The summed E-state index contributed by atoms with van der Waals surface area (Å²) in [5.74, 6) is 0. The lowest BCUT2D eigenvalue weighted by Crippen LogP contribution is -1.95. The van der Waals surface area contributed by atoms with Gasteiger partial charge in [0.15, 0.2) is 12.0 Å². The molecule has 0 aliphatic rings. The highest BCUT2D eigenvalue weighted by Gasteiger charge is 2.06. The van der Waals surface area contributed by atoms with E-state index >= 15 is 0 Å². The van der Waals surface area contributed by atoms with E-state index in [1.165, 1.54) is 0 Å². The van der Waals surface area contributed by atoms with Gasteiger partial charge in [0.2, 0.25) is 0 Å². The molecule has 0 radical (unpaired) electrons. The fourth-order valence-electron chi connectivity index (χ4n) is 1.38. The van der Waals surface area contributed by atoms with E-state index in [2.05, 4.69) is 5.10 Å². The van der Waals surface area contributed by atoms with Crippen LogP contribution in [0.3, 0.4) is 0 Å².